The van der Waals surface area contributed by atoms with Gasteiger partial charge in [0.1, 0.15) is 5.60 Å². The van der Waals surface area contributed by atoms with E-state index in [-0.39, 0.29) is 19.5 Å². The summed E-state index contributed by atoms with van der Waals surface area (Å²) in [5.41, 5.74) is 9.15. The zero-order valence-corrected chi connectivity index (χ0v) is 14.5. The number of carbonyl (C=O) groups is 3. The van der Waals surface area contributed by atoms with Crippen LogP contribution in [0, 0.1) is 0 Å². The van der Waals surface area contributed by atoms with Gasteiger partial charge in [0.25, 0.3) is 0 Å². The fourth-order valence-electron chi connectivity index (χ4n) is 1.83. The van der Waals surface area contributed by atoms with Crippen LogP contribution in [-0.2, 0) is 14.3 Å². The molecule has 0 aliphatic carbocycles. The molecule has 8 heteroatoms. The van der Waals surface area contributed by atoms with Gasteiger partial charge < -0.3 is 26.8 Å². The van der Waals surface area contributed by atoms with Crippen molar-refractivity contribution >= 4 is 17.8 Å². The number of hydrogen-bond acceptors (Lipinski definition) is 6. The van der Waals surface area contributed by atoms with E-state index in [2.05, 4.69) is 10.6 Å². The predicted octanol–water partition coefficient (Wildman–Crippen LogP) is 0.0428. The molecule has 0 bridgehead atoms. The van der Waals surface area contributed by atoms with Crippen molar-refractivity contribution in [1.82, 2.24) is 10.6 Å². The van der Waals surface area contributed by atoms with Crippen LogP contribution in [-0.4, -0.2) is 48.6 Å². The molecule has 23 heavy (non-hydrogen) atoms. The van der Waals surface area contributed by atoms with Gasteiger partial charge >= 0.3 is 6.09 Å². The van der Waals surface area contributed by atoms with Crippen molar-refractivity contribution in [1.29, 1.82) is 0 Å². The van der Waals surface area contributed by atoms with Crippen LogP contribution in [0.2, 0.25) is 0 Å². The van der Waals surface area contributed by atoms with E-state index < -0.39 is 28.9 Å². The monoisotopic (exact) mass is 330 g/mol. The smallest absolute Gasteiger partial charge is 0.407 e. The highest BCUT2D eigenvalue weighted by molar-refractivity contribution is 6.09. The molecule has 1 atom stereocenters. The lowest BCUT2D eigenvalue weighted by molar-refractivity contribution is -0.135. The Morgan fingerprint density at radius 1 is 1.04 bits per heavy atom. The Morgan fingerprint density at radius 2 is 1.65 bits per heavy atom. The standard InChI is InChI=1S/C15H30N4O4/c1-11(20)15(17,12(21)18-10-8-16)7-5-6-9-19-13(22)23-14(2,3)4/h5-10,16-17H2,1-4H3,(H,18,21)(H,19,22)/t15-/m1/s1. The third kappa shape index (κ3) is 8.51. The number of nitrogens with one attached hydrogen (secondary N) is 2. The molecule has 0 unspecified atom stereocenters. The normalized spacial score (nSPS) is 13.8. The Kier molecular flexibility index (Phi) is 8.78. The van der Waals surface area contributed by atoms with Crippen molar-refractivity contribution in [3.05, 3.63) is 0 Å². The van der Waals surface area contributed by atoms with Crippen LogP contribution >= 0.6 is 0 Å². The molecule has 0 spiro atoms. The molecule has 8 nitrogen and oxygen atoms in total. The molecule has 0 saturated carbocycles. The van der Waals surface area contributed by atoms with Gasteiger partial charge in [-0.15, -0.1) is 0 Å². The third-order valence-corrected chi connectivity index (χ3v) is 3.13. The molecule has 0 aromatic heterocycles. The van der Waals surface area contributed by atoms with Gasteiger partial charge in [0.2, 0.25) is 5.91 Å². The molecule has 6 N–H and O–H groups in total. The minimum atomic E-state index is -1.55. The maximum atomic E-state index is 12.0. The first kappa shape index (κ1) is 21.3. The van der Waals surface area contributed by atoms with Crippen LogP contribution < -0.4 is 22.1 Å². The van der Waals surface area contributed by atoms with E-state index in [9.17, 15) is 14.4 Å². The highest BCUT2D eigenvalue weighted by atomic mass is 16.6. The average Bonchev–Trinajstić information content (AvgIpc) is 2.41. The highest BCUT2D eigenvalue weighted by Crippen LogP contribution is 2.13. The largest absolute Gasteiger partial charge is 0.444 e. The Hall–Kier alpha value is -1.67. The number of nitrogens with two attached hydrogens (primary N) is 2. The third-order valence-electron chi connectivity index (χ3n) is 3.13. The SMILES string of the molecule is CC(=O)[C@](N)(CCCCNC(=O)OC(C)(C)C)C(=O)NCCN. The second-order valence-corrected chi connectivity index (χ2v) is 6.46. The zero-order valence-electron chi connectivity index (χ0n) is 14.5. The average molecular weight is 330 g/mol. The van der Waals surface area contributed by atoms with Gasteiger partial charge in [-0.1, -0.05) is 0 Å². The molecule has 0 aliphatic rings. The number of hydrogen-bond donors (Lipinski definition) is 4. The summed E-state index contributed by atoms with van der Waals surface area (Å²) in [5, 5.41) is 5.15. The lowest BCUT2D eigenvalue weighted by atomic mass is 9.88. The fourth-order valence-corrected chi connectivity index (χ4v) is 1.83. The first-order valence-electron chi connectivity index (χ1n) is 7.78. The predicted molar refractivity (Wildman–Crippen MR) is 87.8 cm³/mol. The van der Waals surface area contributed by atoms with Crippen molar-refractivity contribution in [2.75, 3.05) is 19.6 Å². The van der Waals surface area contributed by atoms with E-state index in [0.29, 0.717) is 19.4 Å². The number of carbonyl (C=O) groups excluding carboxylic acids is 3. The molecule has 0 fully saturated rings. The van der Waals surface area contributed by atoms with Gasteiger partial charge in [0, 0.05) is 19.6 Å². The van der Waals surface area contributed by atoms with Crippen molar-refractivity contribution in [3.8, 4) is 0 Å². The molecule has 2 amide bonds. The molecular formula is C15H30N4O4. The van der Waals surface area contributed by atoms with Gasteiger partial charge in [-0.25, -0.2) is 4.79 Å². The van der Waals surface area contributed by atoms with Crippen LogP contribution in [0.5, 0.6) is 0 Å². The van der Waals surface area contributed by atoms with Crippen LogP contribution in [0.3, 0.4) is 0 Å². The van der Waals surface area contributed by atoms with Crippen LogP contribution in [0.4, 0.5) is 4.79 Å². The first-order chi connectivity index (χ1) is 10.5. The first-order valence-corrected chi connectivity index (χ1v) is 7.78. The van der Waals surface area contributed by atoms with E-state index in [1.807, 2.05) is 0 Å². The number of unbranched alkanes of at least 4 members (excludes halogenated alkanes) is 1. The molecule has 0 heterocycles. The molecule has 0 saturated heterocycles. The molecule has 0 aliphatic heterocycles. The molecule has 0 radical (unpaired) electrons. The summed E-state index contributed by atoms with van der Waals surface area (Å²) < 4.78 is 5.10. The minimum absolute atomic E-state index is 0.203. The topological polar surface area (TPSA) is 137 Å². The maximum absolute atomic E-state index is 12.0. The number of amides is 2. The molecule has 134 valence electrons. The number of rotatable bonds is 9. The Bertz CT molecular complexity index is 420. The van der Waals surface area contributed by atoms with E-state index in [0.717, 1.165) is 0 Å². The number of ketones is 1. The van der Waals surface area contributed by atoms with Crippen molar-refractivity contribution in [3.63, 3.8) is 0 Å². The minimum Gasteiger partial charge on any atom is -0.444 e. The lowest BCUT2D eigenvalue weighted by Crippen LogP contribution is -2.59. The number of ether oxygens (including phenoxy) is 1. The van der Waals surface area contributed by atoms with Gasteiger partial charge in [-0.2, -0.15) is 0 Å². The van der Waals surface area contributed by atoms with Gasteiger partial charge in [-0.3, -0.25) is 9.59 Å². The summed E-state index contributed by atoms with van der Waals surface area (Å²) in [4.78, 5) is 35.1. The Balaban J connectivity index is 4.23. The number of Topliss-reactive ketones (excluding diaryl/α,β-unsaturated/α-hetero) is 1. The van der Waals surface area contributed by atoms with Crippen LogP contribution in [0.25, 0.3) is 0 Å². The molecule has 0 aromatic carbocycles. The van der Waals surface area contributed by atoms with Crippen molar-refractivity contribution in [2.24, 2.45) is 11.5 Å². The van der Waals surface area contributed by atoms with Gasteiger partial charge in [-0.05, 0) is 47.0 Å². The molecule has 0 aromatic rings. The summed E-state index contributed by atoms with van der Waals surface area (Å²) in [6.07, 6.45) is 0.801. The summed E-state index contributed by atoms with van der Waals surface area (Å²) >= 11 is 0. The maximum Gasteiger partial charge on any atom is 0.407 e. The highest BCUT2D eigenvalue weighted by Gasteiger charge is 2.38. The fraction of sp³-hybridized carbons (Fsp3) is 0.800. The Labute approximate surface area is 137 Å². The summed E-state index contributed by atoms with van der Waals surface area (Å²) in [6.45, 7) is 7.56. The quantitative estimate of drug-likeness (QED) is 0.348. The zero-order chi connectivity index (χ0) is 18.1. The van der Waals surface area contributed by atoms with Gasteiger partial charge in [0.15, 0.2) is 11.3 Å². The second kappa shape index (κ2) is 9.46. The van der Waals surface area contributed by atoms with Crippen molar-refractivity contribution in [2.45, 2.75) is 58.1 Å². The van der Waals surface area contributed by atoms with E-state index in [1.165, 1.54) is 6.92 Å². The number of alkyl carbamates (subject to hydrolysis) is 1. The lowest BCUT2D eigenvalue weighted by Gasteiger charge is -2.25. The van der Waals surface area contributed by atoms with Gasteiger partial charge in [0.05, 0.1) is 0 Å². The summed E-state index contributed by atoms with van der Waals surface area (Å²) in [6, 6.07) is 0. The van der Waals surface area contributed by atoms with E-state index in [4.69, 9.17) is 16.2 Å². The van der Waals surface area contributed by atoms with Crippen LogP contribution in [0.1, 0.15) is 47.0 Å². The Morgan fingerprint density at radius 3 is 2.13 bits per heavy atom. The van der Waals surface area contributed by atoms with E-state index >= 15 is 0 Å². The van der Waals surface area contributed by atoms with E-state index in [1.54, 1.807) is 20.8 Å². The molecular weight excluding hydrogens is 300 g/mol. The second-order valence-electron chi connectivity index (χ2n) is 6.46. The van der Waals surface area contributed by atoms with Crippen LogP contribution in [0.15, 0.2) is 0 Å². The summed E-state index contributed by atoms with van der Waals surface area (Å²) in [7, 11) is 0. The molecule has 0 rings (SSSR count). The van der Waals surface area contributed by atoms with Crippen molar-refractivity contribution < 1.29 is 19.1 Å². The summed E-state index contributed by atoms with van der Waals surface area (Å²) in [5.74, 6) is -0.914.